The van der Waals surface area contributed by atoms with Crippen LogP contribution in [0.1, 0.15) is 38.3 Å². The molecule has 0 aliphatic rings. The zero-order valence-electron chi connectivity index (χ0n) is 14.4. The van der Waals surface area contributed by atoms with Gasteiger partial charge in [0, 0.05) is 38.4 Å². The van der Waals surface area contributed by atoms with E-state index in [0.717, 1.165) is 12.0 Å². The highest BCUT2D eigenvalue weighted by molar-refractivity contribution is 6.15. The van der Waals surface area contributed by atoms with Crippen molar-refractivity contribution in [3.05, 3.63) is 70.8 Å². The minimum Gasteiger partial charge on any atom is -0.385 e. The van der Waals surface area contributed by atoms with Gasteiger partial charge < -0.3 is 9.64 Å². The Labute approximate surface area is 143 Å². The van der Waals surface area contributed by atoms with Crippen LogP contribution in [0.4, 0.5) is 0 Å². The molecular weight excluding hydrogens is 302 g/mol. The monoisotopic (exact) mass is 325 g/mol. The summed E-state index contributed by atoms with van der Waals surface area (Å²) in [5.41, 5.74) is 2.55. The number of ketones is 1. The van der Waals surface area contributed by atoms with E-state index < -0.39 is 0 Å². The number of carbonyl (C=O) groups is 2. The van der Waals surface area contributed by atoms with Crippen LogP contribution in [0.25, 0.3) is 0 Å². The summed E-state index contributed by atoms with van der Waals surface area (Å²) < 4.78 is 5.02. The van der Waals surface area contributed by atoms with E-state index in [0.29, 0.717) is 29.8 Å². The molecule has 0 unspecified atom stereocenters. The first-order valence-electron chi connectivity index (χ1n) is 7.99. The summed E-state index contributed by atoms with van der Waals surface area (Å²) in [5.74, 6) is -0.286. The third kappa shape index (κ3) is 4.30. The highest BCUT2D eigenvalue weighted by Gasteiger charge is 2.20. The lowest BCUT2D eigenvalue weighted by atomic mass is 9.97. The molecule has 0 fully saturated rings. The molecule has 0 aliphatic carbocycles. The summed E-state index contributed by atoms with van der Waals surface area (Å²) in [6, 6.07) is 14.4. The van der Waals surface area contributed by atoms with E-state index in [1.165, 1.54) is 0 Å². The van der Waals surface area contributed by atoms with Crippen LogP contribution < -0.4 is 0 Å². The Balaban J connectivity index is 2.25. The van der Waals surface area contributed by atoms with Crippen molar-refractivity contribution in [3.63, 3.8) is 0 Å². The van der Waals surface area contributed by atoms with E-state index in [9.17, 15) is 9.59 Å². The van der Waals surface area contributed by atoms with Crippen molar-refractivity contribution < 1.29 is 14.3 Å². The SMILES string of the molecule is COCCCN(C)C(=O)c1ccccc1C(=O)c1ccc(C)cc1. The normalized spacial score (nSPS) is 10.5. The van der Waals surface area contributed by atoms with Crippen LogP contribution in [-0.4, -0.2) is 43.9 Å². The highest BCUT2D eigenvalue weighted by Crippen LogP contribution is 2.17. The van der Waals surface area contributed by atoms with Crippen LogP contribution in [-0.2, 0) is 4.74 Å². The van der Waals surface area contributed by atoms with Gasteiger partial charge in [0.05, 0.1) is 5.56 Å². The molecule has 0 saturated heterocycles. The summed E-state index contributed by atoms with van der Waals surface area (Å²) >= 11 is 0. The van der Waals surface area contributed by atoms with Gasteiger partial charge in [0.1, 0.15) is 0 Å². The van der Waals surface area contributed by atoms with Crippen LogP contribution in [0.2, 0.25) is 0 Å². The van der Waals surface area contributed by atoms with Gasteiger partial charge in [-0.3, -0.25) is 9.59 Å². The number of hydrogen-bond donors (Lipinski definition) is 0. The zero-order valence-corrected chi connectivity index (χ0v) is 14.4. The van der Waals surface area contributed by atoms with Crippen molar-refractivity contribution in [2.45, 2.75) is 13.3 Å². The molecule has 0 radical (unpaired) electrons. The first-order valence-corrected chi connectivity index (χ1v) is 7.99. The van der Waals surface area contributed by atoms with Crippen molar-refractivity contribution >= 4 is 11.7 Å². The average molecular weight is 325 g/mol. The number of hydrogen-bond acceptors (Lipinski definition) is 3. The third-order valence-corrected chi connectivity index (χ3v) is 3.90. The molecule has 0 aromatic heterocycles. The Hall–Kier alpha value is -2.46. The molecule has 0 atom stereocenters. The predicted octanol–water partition coefficient (Wildman–Crippen LogP) is 3.33. The standard InChI is InChI=1S/C20H23NO3/c1-15-9-11-16(12-10-15)19(22)17-7-4-5-8-18(17)20(23)21(2)13-6-14-24-3/h4-5,7-12H,6,13-14H2,1-3H3. The Morgan fingerprint density at radius 2 is 1.62 bits per heavy atom. The van der Waals surface area contributed by atoms with E-state index in [-0.39, 0.29) is 11.7 Å². The van der Waals surface area contributed by atoms with Crippen LogP contribution >= 0.6 is 0 Å². The Bertz CT molecular complexity index is 707. The van der Waals surface area contributed by atoms with E-state index in [2.05, 4.69) is 0 Å². The molecule has 0 bridgehead atoms. The van der Waals surface area contributed by atoms with Gasteiger partial charge >= 0.3 is 0 Å². The summed E-state index contributed by atoms with van der Waals surface area (Å²) in [4.78, 5) is 27.1. The molecule has 2 aromatic rings. The second kappa shape index (κ2) is 8.41. The number of carbonyl (C=O) groups excluding carboxylic acids is 2. The largest absolute Gasteiger partial charge is 0.385 e. The van der Waals surface area contributed by atoms with Gasteiger partial charge in [0.2, 0.25) is 0 Å². The summed E-state index contributed by atoms with van der Waals surface area (Å²) in [5, 5.41) is 0. The molecule has 126 valence electrons. The molecule has 24 heavy (non-hydrogen) atoms. The van der Waals surface area contributed by atoms with Crippen molar-refractivity contribution in [2.75, 3.05) is 27.3 Å². The number of benzene rings is 2. The first kappa shape index (κ1) is 17.9. The molecule has 2 rings (SSSR count). The van der Waals surface area contributed by atoms with Crippen molar-refractivity contribution in [1.29, 1.82) is 0 Å². The van der Waals surface area contributed by atoms with Crippen LogP contribution in [0.15, 0.2) is 48.5 Å². The molecule has 4 heteroatoms. The molecule has 0 N–H and O–H groups in total. The maximum absolute atomic E-state index is 12.8. The Morgan fingerprint density at radius 3 is 2.25 bits per heavy atom. The lowest BCUT2D eigenvalue weighted by molar-refractivity contribution is 0.0775. The van der Waals surface area contributed by atoms with Crippen molar-refractivity contribution in [2.24, 2.45) is 0 Å². The van der Waals surface area contributed by atoms with Gasteiger partial charge in [-0.1, -0.05) is 48.0 Å². The van der Waals surface area contributed by atoms with Gasteiger partial charge in [-0.15, -0.1) is 0 Å². The second-order valence-corrected chi connectivity index (χ2v) is 5.81. The molecule has 1 amide bonds. The van der Waals surface area contributed by atoms with Crippen LogP contribution in [0.3, 0.4) is 0 Å². The highest BCUT2D eigenvalue weighted by atomic mass is 16.5. The fourth-order valence-corrected chi connectivity index (χ4v) is 2.48. The van der Waals surface area contributed by atoms with Gasteiger partial charge in [0.15, 0.2) is 5.78 Å². The minimum atomic E-state index is -0.151. The molecule has 2 aromatic carbocycles. The number of methoxy groups -OCH3 is 1. The maximum Gasteiger partial charge on any atom is 0.254 e. The van der Waals surface area contributed by atoms with Crippen molar-refractivity contribution in [1.82, 2.24) is 4.90 Å². The van der Waals surface area contributed by atoms with E-state index in [1.807, 2.05) is 19.1 Å². The van der Waals surface area contributed by atoms with Crippen LogP contribution in [0, 0.1) is 6.92 Å². The lowest BCUT2D eigenvalue weighted by Gasteiger charge is -2.18. The van der Waals surface area contributed by atoms with Gasteiger partial charge in [0.25, 0.3) is 5.91 Å². The number of ether oxygens (including phenoxy) is 1. The van der Waals surface area contributed by atoms with E-state index in [1.54, 1.807) is 55.5 Å². The molecule has 0 heterocycles. The number of rotatable bonds is 7. The maximum atomic E-state index is 12.8. The first-order chi connectivity index (χ1) is 11.5. The average Bonchev–Trinajstić information content (AvgIpc) is 2.61. The fourth-order valence-electron chi connectivity index (χ4n) is 2.48. The van der Waals surface area contributed by atoms with Crippen LogP contribution in [0.5, 0.6) is 0 Å². The molecule has 0 saturated carbocycles. The lowest BCUT2D eigenvalue weighted by Crippen LogP contribution is -2.29. The second-order valence-electron chi connectivity index (χ2n) is 5.81. The summed E-state index contributed by atoms with van der Waals surface area (Å²) in [6.07, 6.45) is 0.757. The van der Waals surface area contributed by atoms with Crippen molar-refractivity contribution in [3.8, 4) is 0 Å². The molecule has 0 spiro atoms. The van der Waals surface area contributed by atoms with Gasteiger partial charge in [-0.2, -0.15) is 0 Å². The summed E-state index contributed by atoms with van der Waals surface area (Å²) in [7, 11) is 3.38. The number of nitrogens with zero attached hydrogens (tertiary/aromatic N) is 1. The Kier molecular flexibility index (Phi) is 6.27. The van der Waals surface area contributed by atoms with Gasteiger partial charge in [-0.25, -0.2) is 0 Å². The molecular formula is C20H23NO3. The third-order valence-electron chi connectivity index (χ3n) is 3.90. The smallest absolute Gasteiger partial charge is 0.254 e. The van der Waals surface area contributed by atoms with E-state index >= 15 is 0 Å². The Morgan fingerprint density at radius 1 is 1.00 bits per heavy atom. The molecule has 4 nitrogen and oxygen atoms in total. The fraction of sp³-hybridized carbons (Fsp3) is 0.300. The molecule has 0 aliphatic heterocycles. The summed E-state index contributed by atoms with van der Waals surface area (Å²) in [6.45, 7) is 3.15. The topological polar surface area (TPSA) is 46.6 Å². The van der Waals surface area contributed by atoms with E-state index in [4.69, 9.17) is 4.74 Å². The minimum absolute atomic E-state index is 0.135. The quantitative estimate of drug-likeness (QED) is 0.579. The number of amides is 1. The number of aryl methyl sites for hydroxylation is 1. The predicted molar refractivity (Wildman–Crippen MR) is 94.5 cm³/mol. The zero-order chi connectivity index (χ0) is 17.5. The van der Waals surface area contributed by atoms with Gasteiger partial charge in [-0.05, 0) is 19.4 Å².